The van der Waals surface area contributed by atoms with Gasteiger partial charge in [0.2, 0.25) is 5.91 Å². The summed E-state index contributed by atoms with van der Waals surface area (Å²) in [5.74, 6) is 0.536. The minimum absolute atomic E-state index is 0.0699. The minimum atomic E-state index is -0.415. The number of carbonyl (C=O) groups excluding carboxylic acids is 3. The van der Waals surface area contributed by atoms with Gasteiger partial charge in [0.05, 0.1) is 12.2 Å². The smallest absolute Gasteiger partial charge is 0.338 e. The van der Waals surface area contributed by atoms with Crippen molar-refractivity contribution in [1.29, 1.82) is 0 Å². The highest BCUT2D eigenvalue weighted by atomic mass is 16.6. The molecule has 3 amide bonds. The highest BCUT2D eigenvalue weighted by molar-refractivity contribution is 5.99. The number of urea groups is 1. The molecular formula is C22H23N3O6. The zero-order valence-electron chi connectivity index (χ0n) is 17.1. The number of hydrogen-bond acceptors (Lipinski definition) is 6. The van der Waals surface area contributed by atoms with E-state index in [1.165, 1.54) is 4.90 Å². The Morgan fingerprint density at radius 3 is 2.52 bits per heavy atom. The van der Waals surface area contributed by atoms with Gasteiger partial charge in [-0.25, -0.2) is 9.59 Å². The Bertz CT molecular complexity index is 991. The lowest BCUT2D eigenvalue weighted by Gasteiger charge is -2.22. The molecule has 2 aromatic carbocycles. The highest BCUT2D eigenvalue weighted by Gasteiger charge is 2.31. The van der Waals surface area contributed by atoms with Crippen molar-refractivity contribution in [2.45, 2.75) is 6.92 Å². The van der Waals surface area contributed by atoms with E-state index in [-0.39, 0.29) is 18.5 Å². The van der Waals surface area contributed by atoms with E-state index in [2.05, 4.69) is 5.32 Å². The number of rotatable bonds is 6. The van der Waals surface area contributed by atoms with Crippen LogP contribution in [0.15, 0.2) is 42.5 Å². The molecule has 2 heterocycles. The number of nitrogens with zero attached hydrogens (tertiary/aromatic N) is 2. The number of anilines is 2. The van der Waals surface area contributed by atoms with Crippen LogP contribution in [0.5, 0.6) is 11.5 Å². The summed E-state index contributed by atoms with van der Waals surface area (Å²) in [6.07, 6.45) is 0. The van der Waals surface area contributed by atoms with Gasteiger partial charge in [-0.2, -0.15) is 0 Å². The first kappa shape index (κ1) is 20.5. The molecule has 162 valence electrons. The first-order valence-electron chi connectivity index (χ1n) is 10.1. The number of fused-ring (bicyclic) bond motifs is 1. The quantitative estimate of drug-likeness (QED) is 0.715. The van der Waals surface area contributed by atoms with E-state index in [9.17, 15) is 14.4 Å². The summed E-state index contributed by atoms with van der Waals surface area (Å²) in [5.41, 5.74) is 1.64. The van der Waals surface area contributed by atoms with Crippen molar-refractivity contribution in [1.82, 2.24) is 4.90 Å². The number of ether oxygens (including phenoxy) is 3. The van der Waals surface area contributed by atoms with Crippen LogP contribution in [0.2, 0.25) is 0 Å². The monoisotopic (exact) mass is 425 g/mol. The molecule has 1 N–H and O–H groups in total. The van der Waals surface area contributed by atoms with Crippen LogP contribution in [0.4, 0.5) is 16.2 Å². The second-order valence-electron chi connectivity index (χ2n) is 7.03. The fourth-order valence-corrected chi connectivity index (χ4v) is 3.45. The molecule has 0 aliphatic carbocycles. The summed E-state index contributed by atoms with van der Waals surface area (Å²) in [7, 11) is 0. The van der Waals surface area contributed by atoms with E-state index in [1.807, 2.05) is 0 Å². The molecule has 0 saturated carbocycles. The van der Waals surface area contributed by atoms with Gasteiger partial charge in [-0.05, 0) is 43.3 Å². The summed E-state index contributed by atoms with van der Waals surface area (Å²) in [6.45, 7) is 3.84. The average Bonchev–Trinajstić information content (AvgIpc) is 3.14. The minimum Gasteiger partial charge on any atom is -0.486 e. The Morgan fingerprint density at radius 1 is 1.03 bits per heavy atom. The molecule has 4 rings (SSSR count). The van der Waals surface area contributed by atoms with E-state index in [0.717, 1.165) is 0 Å². The van der Waals surface area contributed by atoms with Crippen LogP contribution in [0, 0.1) is 0 Å². The van der Waals surface area contributed by atoms with Crippen molar-refractivity contribution >= 4 is 29.3 Å². The molecule has 0 aromatic heterocycles. The van der Waals surface area contributed by atoms with Crippen molar-refractivity contribution in [3.05, 3.63) is 48.0 Å². The van der Waals surface area contributed by atoms with Crippen molar-refractivity contribution in [3.63, 3.8) is 0 Å². The molecule has 9 heteroatoms. The third kappa shape index (κ3) is 4.55. The maximum atomic E-state index is 12.8. The van der Waals surface area contributed by atoms with Crippen LogP contribution >= 0.6 is 0 Å². The number of hydrogen-bond donors (Lipinski definition) is 1. The molecular weight excluding hydrogens is 402 g/mol. The van der Waals surface area contributed by atoms with Gasteiger partial charge < -0.3 is 24.4 Å². The van der Waals surface area contributed by atoms with Gasteiger partial charge in [0.15, 0.2) is 11.5 Å². The Labute approximate surface area is 179 Å². The Morgan fingerprint density at radius 2 is 1.77 bits per heavy atom. The predicted molar refractivity (Wildman–Crippen MR) is 113 cm³/mol. The molecule has 1 saturated heterocycles. The van der Waals surface area contributed by atoms with E-state index < -0.39 is 5.97 Å². The fraction of sp³-hybridized carbons (Fsp3) is 0.318. The third-order valence-corrected chi connectivity index (χ3v) is 4.95. The maximum Gasteiger partial charge on any atom is 0.338 e. The van der Waals surface area contributed by atoms with E-state index in [4.69, 9.17) is 14.2 Å². The molecule has 2 aromatic rings. The molecule has 0 unspecified atom stereocenters. The average molecular weight is 425 g/mol. The van der Waals surface area contributed by atoms with Crippen LogP contribution < -0.4 is 19.7 Å². The molecule has 0 spiro atoms. The second kappa shape index (κ2) is 8.95. The lowest BCUT2D eigenvalue weighted by Crippen LogP contribution is -2.37. The molecule has 9 nitrogen and oxygen atoms in total. The summed E-state index contributed by atoms with van der Waals surface area (Å²) < 4.78 is 16.0. The zero-order chi connectivity index (χ0) is 21.8. The number of benzene rings is 2. The molecule has 0 bridgehead atoms. The van der Waals surface area contributed by atoms with Gasteiger partial charge in [0.25, 0.3) is 0 Å². The van der Waals surface area contributed by atoms with Gasteiger partial charge in [-0.1, -0.05) is 0 Å². The number of carbonyl (C=O) groups is 3. The predicted octanol–water partition coefficient (Wildman–Crippen LogP) is 2.52. The summed E-state index contributed by atoms with van der Waals surface area (Å²) in [6, 6.07) is 11.5. The molecule has 31 heavy (non-hydrogen) atoms. The molecule has 0 radical (unpaired) electrons. The number of amides is 3. The molecule has 0 atom stereocenters. The highest BCUT2D eigenvalue weighted by Crippen LogP contribution is 2.35. The van der Waals surface area contributed by atoms with Crippen molar-refractivity contribution in [2.24, 2.45) is 0 Å². The molecule has 1 fully saturated rings. The van der Waals surface area contributed by atoms with Gasteiger partial charge >= 0.3 is 12.0 Å². The van der Waals surface area contributed by atoms with Crippen LogP contribution in [-0.2, 0) is 9.53 Å². The first-order chi connectivity index (χ1) is 15.0. The first-order valence-corrected chi connectivity index (χ1v) is 10.1. The summed E-state index contributed by atoms with van der Waals surface area (Å²) >= 11 is 0. The van der Waals surface area contributed by atoms with Crippen LogP contribution in [0.1, 0.15) is 17.3 Å². The van der Waals surface area contributed by atoms with Gasteiger partial charge in [-0.15, -0.1) is 0 Å². The van der Waals surface area contributed by atoms with Gasteiger partial charge in [0, 0.05) is 30.5 Å². The van der Waals surface area contributed by atoms with Crippen LogP contribution in [-0.4, -0.2) is 62.3 Å². The van der Waals surface area contributed by atoms with E-state index in [0.29, 0.717) is 61.3 Å². The van der Waals surface area contributed by atoms with Crippen LogP contribution in [0.3, 0.4) is 0 Å². The fourth-order valence-electron chi connectivity index (χ4n) is 3.45. The SMILES string of the molecule is CCOC(=O)c1ccc(NC(=O)CN2CCN(c3ccc4c(c3)OCCO4)C2=O)cc1. The van der Waals surface area contributed by atoms with E-state index >= 15 is 0 Å². The standard InChI is InChI=1S/C22H23N3O6/c1-2-29-21(27)15-3-5-16(6-4-15)23-20(26)14-24-9-10-25(22(24)28)17-7-8-18-19(13-17)31-12-11-30-18/h3-8,13H,2,9-12,14H2,1H3,(H,23,26). The normalized spacial score (nSPS) is 15.1. The summed E-state index contributed by atoms with van der Waals surface area (Å²) in [4.78, 5) is 40.0. The Balaban J connectivity index is 1.34. The molecule has 2 aliphatic rings. The topological polar surface area (TPSA) is 97.4 Å². The maximum absolute atomic E-state index is 12.8. The van der Waals surface area contributed by atoms with Gasteiger partial charge in [-0.3, -0.25) is 9.69 Å². The van der Waals surface area contributed by atoms with Crippen molar-refractivity contribution < 1.29 is 28.6 Å². The number of esters is 1. The summed E-state index contributed by atoms with van der Waals surface area (Å²) in [5, 5.41) is 2.74. The Hall–Kier alpha value is -3.75. The second-order valence-corrected chi connectivity index (χ2v) is 7.03. The third-order valence-electron chi connectivity index (χ3n) is 4.95. The largest absolute Gasteiger partial charge is 0.486 e. The molecule has 2 aliphatic heterocycles. The lowest BCUT2D eigenvalue weighted by molar-refractivity contribution is -0.116. The zero-order valence-corrected chi connectivity index (χ0v) is 17.1. The number of nitrogens with one attached hydrogen (secondary N) is 1. The van der Waals surface area contributed by atoms with Crippen LogP contribution in [0.25, 0.3) is 0 Å². The Kier molecular flexibility index (Phi) is 5.92. The van der Waals surface area contributed by atoms with Crippen molar-refractivity contribution in [3.8, 4) is 11.5 Å². The lowest BCUT2D eigenvalue weighted by atomic mass is 10.2. The van der Waals surface area contributed by atoms with Crippen molar-refractivity contribution in [2.75, 3.05) is 49.7 Å². The van der Waals surface area contributed by atoms with E-state index in [1.54, 1.807) is 54.3 Å². The van der Waals surface area contributed by atoms with Gasteiger partial charge in [0.1, 0.15) is 19.8 Å².